The van der Waals surface area contributed by atoms with Gasteiger partial charge in [0.05, 0.1) is 25.4 Å². The number of rotatable bonds is 24. The topological polar surface area (TPSA) is 273 Å². The van der Waals surface area contributed by atoms with Gasteiger partial charge in [-0.25, -0.2) is 35.9 Å². The first kappa shape index (κ1) is 128. The summed E-state index contributed by atoms with van der Waals surface area (Å²) in [6.07, 6.45) is 61.1. The number of nitrogens with one attached hydrogen (secondary N) is 5. The molecule has 2 aromatic heterocycles. The quantitative estimate of drug-likeness (QED) is 0.0656. The van der Waals surface area contributed by atoms with Crippen LogP contribution in [0.4, 0.5) is 9.59 Å². The molecule has 0 unspecified atom stereocenters. The van der Waals surface area contributed by atoms with Crippen molar-refractivity contribution in [2.75, 3.05) is 59.8 Å². The minimum absolute atomic E-state index is 0.105. The van der Waals surface area contributed by atoms with Gasteiger partial charge in [-0.3, -0.25) is 29.1 Å². The van der Waals surface area contributed by atoms with Crippen LogP contribution in [0.5, 0.6) is 0 Å². The number of hydrogen-bond donors (Lipinski definition) is 5. The van der Waals surface area contributed by atoms with Gasteiger partial charge in [-0.05, 0) is 390 Å². The van der Waals surface area contributed by atoms with Crippen molar-refractivity contribution in [3.8, 4) is 0 Å². The van der Waals surface area contributed by atoms with E-state index in [0.29, 0.717) is 117 Å². The minimum atomic E-state index is -3.03. The van der Waals surface area contributed by atoms with E-state index in [2.05, 4.69) is 211 Å². The van der Waals surface area contributed by atoms with Crippen LogP contribution in [-0.2, 0) is 52.1 Å². The maximum atomic E-state index is 12.1. The fraction of sp³-hybridized carbons (Fsp3) is 0.868. The van der Waals surface area contributed by atoms with Crippen LogP contribution in [0.3, 0.4) is 0 Å². The molecule has 2 aromatic rings. The number of nitrogens with zero attached hydrogens (tertiary/aromatic N) is 7. The zero-order chi connectivity index (χ0) is 108. The molecule has 11 aliphatic rings. The van der Waals surface area contributed by atoms with Crippen molar-refractivity contribution in [3.05, 3.63) is 60.2 Å². The van der Waals surface area contributed by atoms with Crippen LogP contribution >= 0.6 is 0 Å². The number of sulfonamides is 2. The Morgan fingerprint density at radius 3 is 0.876 bits per heavy atom. The molecule has 5 N–H and O–H groups in total. The van der Waals surface area contributed by atoms with Crippen molar-refractivity contribution in [2.45, 2.75) is 517 Å². The smallest absolute Gasteiger partial charge is 0.320 e. The molecule has 8 amide bonds. The Balaban J connectivity index is 0.000000254. The molecule has 4 heterocycles. The SMILES string of the molecule is CC(C)(C)CC1CCC(NC(=O)C2CCC2)CC1.CC(C)(C)CC1CCC(NC(=O)Cc2ccccn2)CC1.CC(C)(C)CC1CCC(NC(=O)Cc2ccncc2)CC1.CC(C)(C)CC1CCC(NS(C)(=O)=O)CC1.CC(C)(C)CC1CCC(NS(C)(=O)=O)CC1.CCC(=O)N(C)C1CCC(CC(C)(C)C)CC1.CN1CCN(C2CCC(CC(C)(C)C)CC2)C1=O.CN1CCN(C2CCC(CC(C)(C)C)CC2)C1=O. The summed E-state index contributed by atoms with van der Waals surface area (Å²) in [6, 6.07) is 13.1. The molecule has 9 aliphatic carbocycles. The van der Waals surface area contributed by atoms with E-state index < -0.39 is 20.0 Å². The number of carbonyl (C=O) groups excluding carboxylic acids is 6. The number of hydrogen-bond acceptors (Lipinski definition) is 12. The van der Waals surface area contributed by atoms with Crippen molar-refractivity contribution in [1.82, 2.24) is 59.9 Å². The largest absolute Gasteiger partial charge is 0.353 e. The fourth-order valence-electron chi connectivity index (χ4n) is 25.5. The van der Waals surface area contributed by atoms with E-state index in [0.717, 1.165) is 175 Å². The highest BCUT2D eigenvalue weighted by Gasteiger charge is 2.40. The molecule has 0 radical (unpaired) electrons. The zero-order valence-electron chi connectivity index (χ0n) is 98.3. The first-order valence-corrected chi connectivity index (χ1v) is 61.9. The molecule has 836 valence electrons. The summed E-state index contributed by atoms with van der Waals surface area (Å²) < 4.78 is 49.8. The molecule has 0 aromatic carbocycles. The highest BCUT2D eigenvalue weighted by molar-refractivity contribution is 7.89. The number of pyridine rings is 2. The number of amides is 8. The fourth-order valence-corrected chi connectivity index (χ4v) is 27.1. The van der Waals surface area contributed by atoms with Crippen LogP contribution < -0.4 is 25.4 Å². The van der Waals surface area contributed by atoms with Crippen LogP contribution in [0.15, 0.2) is 48.9 Å². The predicted molar refractivity (Wildman–Crippen MR) is 605 cm³/mol. The zero-order valence-corrected chi connectivity index (χ0v) is 100.0. The van der Waals surface area contributed by atoms with E-state index >= 15 is 0 Å². The number of likely N-dealkylation sites (N-methyl/N-ethyl adjacent to an activating group) is 2. The normalized spacial score (nSPS) is 27.0. The average molecular weight is 2070 g/mol. The maximum absolute atomic E-state index is 12.1. The Hall–Kier alpha value is -5.46. The molecule has 9 saturated carbocycles. The van der Waals surface area contributed by atoms with E-state index in [9.17, 15) is 45.6 Å². The highest BCUT2D eigenvalue weighted by atomic mass is 32.2. The third kappa shape index (κ3) is 56.1. The third-order valence-electron chi connectivity index (χ3n) is 32.0. The molecule has 24 heteroatoms. The standard InChI is InChI=1S/2C18H28N2O.C16H29NO.2C15H28N2O.C15H29NO.2C12H25NO2S/c1-18(2,3)13-15-4-6-16(7-5-15)20-17(21)12-14-8-10-19-11-9-14;1-18(2,3)13-14-7-9-15(10-8-14)20-17(21)12-16-6-4-5-11-19-16;1-16(2,3)11-12-7-9-14(10-8-12)17-15(18)13-5-4-6-13;2*1-15(2,3)11-12-5-7-13(8-6-12)17-10-9-16(4)14(17)18;1-6-14(17)16(5)13-9-7-12(8-10-13)11-15(2,3)4;2*1-12(2,3)9-10-5-7-11(8-6-10)13-16(4,14)15/h8-11,15-16H,4-7,12-13H2,1-3H3,(H,20,21);4-6,11,14-15H,7-10,12-13H2,1-3H3,(H,20,21);12-14H,4-11H2,1-3H3,(H,17,18);2*12-13H,5-11H2,1-4H3;12-13H,6-11H2,1-5H3;2*10-11,13H,5-9H2,1-4H3. The third-order valence-corrected chi connectivity index (χ3v) is 33.5. The van der Waals surface area contributed by atoms with Crippen molar-refractivity contribution >= 4 is 55.7 Å². The van der Waals surface area contributed by atoms with Gasteiger partial charge >= 0.3 is 12.1 Å². The molecule has 2 aliphatic heterocycles. The maximum Gasteiger partial charge on any atom is 0.320 e. The van der Waals surface area contributed by atoms with Crippen LogP contribution in [0.25, 0.3) is 0 Å². The van der Waals surface area contributed by atoms with Crippen LogP contribution in [0, 0.1) is 96.6 Å². The van der Waals surface area contributed by atoms with Gasteiger partial charge in [0.15, 0.2) is 0 Å². The van der Waals surface area contributed by atoms with Crippen molar-refractivity contribution < 1.29 is 45.6 Å². The monoisotopic (exact) mass is 2070 g/mol. The van der Waals surface area contributed by atoms with Crippen molar-refractivity contribution in [1.29, 1.82) is 0 Å². The summed E-state index contributed by atoms with van der Waals surface area (Å²) in [5, 5.41) is 9.63. The van der Waals surface area contributed by atoms with Gasteiger partial charge in [0.25, 0.3) is 0 Å². The second kappa shape index (κ2) is 59.7. The van der Waals surface area contributed by atoms with Crippen LogP contribution in [0.1, 0.15) is 467 Å². The molecule has 0 bridgehead atoms. The predicted octanol–water partition coefficient (Wildman–Crippen LogP) is 27.0. The van der Waals surface area contributed by atoms with Gasteiger partial charge in [0, 0.05) is 132 Å². The molecule has 0 spiro atoms. The van der Waals surface area contributed by atoms with E-state index in [1.165, 1.54) is 199 Å². The van der Waals surface area contributed by atoms with E-state index in [-0.39, 0.29) is 36.0 Å². The first-order chi connectivity index (χ1) is 67.2. The highest BCUT2D eigenvalue weighted by Crippen LogP contribution is 2.44. The molecular weight excluding hydrogens is 1850 g/mol. The van der Waals surface area contributed by atoms with Crippen LogP contribution in [-0.4, -0.2) is 195 Å². The summed E-state index contributed by atoms with van der Waals surface area (Å²) in [5.74, 6) is 7.92. The molecule has 2 saturated heterocycles. The Bertz CT molecular complexity index is 4040. The number of aromatic nitrogens is 2. The summed E-state index contributed by atoms with van der Waals surface area (Å²) in [4.78, 5) is 89.6. The van der Waals surface area contributed by atoms with Gasteiger partial charge in [0.2, 0.25) is 43.7 Å². The first-order valence-electron chi connectivity index (χ1n) is 58.1. The lowest BCUT2D eigenvalue weighted by Crippen LogP contribution is -2.42. The average Bonchev–Trinajstić information content (AvgIpc) is 1.70. The van der Waals surface area contributed by atoms with E-state index in [1.54, 1.807) is 18.6 Å². The summed E-state index contributed by atoms with van der Waals surface area (Å²) >= 11 is 0. The molecule has 145 heavy (non-hydrogen) atoms. The van der Waals surface area contributed by atoms with Gasteiger partial charge < -0.3 is 40.4 Å². The van der Waals surface area contributed by atoms with E-state index in [1.807, 2.05) is 73.1 Å². The Morgan fingerprint density at radius 2 is 0.628 bits per heavy atom. The Kier molecular flexibility index (Phi) is 52.8. The van der Waals surface area contributed by atoms with Crippen LogP contribution in [0.2, 0.25) is 0 Å². The van der Waals surface area contributed by atoms with Gasteiger partial charge in [-0.2, -0.15) is 0 Å². The lowest BCUT2D eigenvalue weighted by atomic mass is 9.76. The molecule has 13 rings (SSSR count). The molecule has 22 nitrogen and oxygen atoms in total. The molecule has 11 fully saturated rings. The summed E-state index contributed by atoms with van der Waals surface area (Å²) in [7, 11) is -0.259. The van der Waals surface area contributed by atoms with Gasteiger partial charge in [-0.1, -0.05) is 186 Å². The van der Waals surface area contributed by atoms with Gasteiger partial charge in [0.1, 0.15) is 0 Å². The molecular formula is C121H220N12O10S2. The Labute approximate surface area is 888 Å². The van der Waals surface area contributed by atoms with Crippen molar-refractivity contribution in [3.63, 3.8) is 0 Å². The minimum Gasteiger partial charge on any atom is -0.353 e. The molecule has 0 atom stereocenters. The second-order valence-electron chi connectivity index (χ2n) is 57.0. The second-order valence-corrected chi connectivity index (χ2v) is 60.5. The Morgan fingerprint density at radius 1 is 0.352 bits per heavy atom. The van der Waals surface area contributed by atoms with E-state index in [4.69, 9.17) is 0 Å². The lowest BCUT2D eigenvalue weighted by molar-refractivity contribution is -0.132. The summed E-state index contributed by atoms with van der Waals surface area (Å²) in [6.45, 7) is 61.1. The van der Waals surface area contributed by atoms with Crippen molar-refractivity contribution in [2.24, 2.45) is 96.6 Å². The summed E-state index contributed by atoms with van der Waals surface area (Å²) in [5.41, 5.74) is 5.28. The lowest BCUT2D eigenvalue weighted by Gasteiger charge is -2.36. The number of urea groups is 2. The number of carbonyl (C=O) groups is 6. The van der Waals surface area contributed by atoms with Gasteiger partial charge in [-0.15, -0.1) is 0 Å².